The third-order valence-corrected chi connectivity index (χ3v) is 6.12. The van der Waals surface area contributed by atoms with E-state index in [0.717, 1.165) is 5.48 Å². The van der Waals surface area contributed by atoms with Crippen molar-refractivity contribution in [2.45, 2.75) is 92.1 Å². The van der Waals surface area contributed by atoms with Crippen LogP contribution in [0.1, 0.15) is 0 Å². The topological polar surface area (TPSA) is 332 Å². The molecule has 3 heterocycles. The van der Waals surface area contributed by atoms with Crippen LogP contribution in [0.5, 0.6) is 0 Å². The molecule has 218 valence electrons. The van der Waals surface area contributed by atoms with Gasteiger partial charge in [0.25, 0.3) is 5.91 Å². The number of carboxylic acid groups (broad SMARTS) is 2. The molecule has 3 rings (SSSR count). The minimum Gasteiger partial charge on any atom is -0.479 e. The number of ether oxygens (including phenoxy) is 5. The van der Waals surface area contributed by atoms with Gasteiger partial charge in [0.15, 0.2) is 37.2 Å². The molecular formula is C18H27NO19. The summed E-state index contributed by atoms with van der Waals surface area (Å²) in [7, 11) is 0. The van der Waals surface area contributed by atoms with Crippen LogP contribution in [0.15, 0.2) is 0 Å². The number of carbonyl (C=O) groups is 3. The van der Waals surface area contributed by atoms with Crippen LogP contribution < -0.4 is 5.48 Å². The molecule has 3 aliphatic heterocycles. The Bertz CT molecular complexity index is 875. The zero-order valence-electron chi connectivity index (χ0n) is 18.8. The lowest BCUT2D eigenvalue weighted by atomic mass is 9.95. The molecule has 20 nitrogen and oxygen atoms in total. The largest absolute Gasteiger partial charge is 0.479 e. The number of aliphatic hydroxyl groups is 8. The van der Waals surface area contributed by atoms with Crippen LogP contribution in [-0.4, -0.2) is 166 Å². The highest BCUT2D eigenvalue weighted by atomic mass is 16.8. The van der Waals surface area contributed by atoms with Crippen molar-refractivity contribution in [2.75, 3.05) is 0 Å². The Morgan fingerprint density at radius 3 is 1.50 bits per heavy atom. The molecule has 0 aromatic carbocycles. The van der Waals surface area contributed by atoms with Crippen LogP contribution >= 0.6 is 0 Å². The number of hydrogen-bond donors (Lipinski definition) is 12. The number of carboxylic acids is 2. The lowest BCUT2D eigenvalue weighted by molar-refractivity contribution is -0.367. The molecule has 1 unspecified atom stereocenters. The predicted octanol–water partition coefficient (Wildman–Crippen LogP) is -7.88. The number of aliphatic hydroxyl groups excluding tert-OH is 8. The number of aliphatic carboxylic acids is 2. The first kappa shape index (κ1) is 30.4. The van der Waals surface area contributed by atoms with Crippen LogP contribution in [0.25, 0.3) is 0 Å². The fraction of sp³-hybridized carbons (Fsp3) is 0.833. The number of amides is 1. The fourth-order valence-electron chi connectivity index (χ4n) is 4.05. The minimum absolute atomic E-state index is 1.14. The highest BCUT2D eigenvalue weighted by Crippen LogP contribution is 2.32. The second-order valence-corrected chi connectivity index (χ2v) is 8.59. The summed E-state index contributed by atoms with van der Waals surface area (Å²) in [5.74, 6) is -5.07. The van der Waals surface area contributed by atoms with Gasteiger partial charge in [0, 0.05) is 0 Å². The molecule has 12 N–H and O–H groups in total. The number of carbonyl (C=O) groups excluding carboxylic acids is 1. The Morgan fingerprint density at radius 1 is 0.553 bits per heavy atom. The van der Waals surface area contributed by atoms with Gasteiger partial charge in [0.1, 0.15) is 54.9 Å². The van der Waals surface area contributed by atoms with Crippen LogP contribution in [0.4, 0.5) is 0 Å². The van der Waals surface area contributed by atoms with Crippen molar-refractivity contribution in [3.05, 3.63) is 0 Å². The van der Waals surface area contributed by atoms with E-state index in [0.29, 0.717) is 0 Å². The first-order valence-electron chi connectivity index (χ1n) is 10.8. The van der Waals surface area contributed by atoms with Crippen molar-refractivity contribution in [3.63, 3.8) is 0 Å². The van der Waals surface area contributed by atoms with Gasteiger partial charge in [-0.15, -0.1) is 0 Å². The Morgan fingerprint density at radius 2 is 1.00 bits per heavy atom. The summed E-state index contributed by atoms with van der Waals surface area (Å²) in [5, 5.41) is 108. The molecule has 0 aliphatic carbocycles. The van der Waals surface area contributed by atoms with Gasteiger partial charge in [-0.05, 0) is 0 Å². The second kappa shape index (κ2) is 11.9. The molecule has 20 heteroatoms. The summed E-state index contributed by atoms with van der Waals surface area (Å²) in [6.45, 7) is 0. The highest BCUT2D eigenvalue weighted by Gasteiger charge is 2.56. The van der Waals surface area contributed by atoms with E-state index >= 15 is 0 Å². The molecule has 15 atom stereocenters. The van der Waals surface area contributed by atoms with Crippen molar-refractivity contribution in [3.8, 4) is 0 Å². The Kier molecular flexibility index (Phi) is 9.54. The van der Waals surface area contributed by atoms with E-state index in [2.05, 4.69) is 4.74 Å². The minimum atomic E-state index is -2.28. The zero-order chi connectivity index (χ0) is 28.6. The lowest BCUT2D eigenvalue weighted by Gasteiger charge is -2.47. The smallest absolute Gasteiger partial charge is 0.335 e. The molecule has 0 bridgehead atoms. The van der Waals surface area contributed by atoms with E-state index < -0.39 is 110 Å². The van der Waals surface area contributed by atoms with E-state index in [1.165, 1.54) is 0 Å². The molecule has 38 heavy (non-hydrogen) atoms. The predicted molar refractivity (Wildman–Crippen MR) is 105 cm³/mol. The van der Waals surface area contributed by atoms with Gasteiger partial charge in [-0.2, -0.15) is 0 Å². The molecule has 0 saturated carbocycles. The van der Waals surface area contributed by atoms with Gasteiger partial charge in [0.05, 0.1) is 0 Å². The maximum Gasteiger partial charge on any atom is 0.335 e. The monoisotopic (exact) mass is 561 g/mol. The molecule has 1 amide bonds. The SMILES string of the molecule is O=C(O)[C@H]1O[C@H](O[C@@H]2[C@H](O)[C@@H](O)[C@@H](O[C@@H]3[C@H](O)[C@@H](O)C(O)O[C@@H]3C(=O)O)O[C@@H]2C(=O)NO)[C@H](O)[C@@H](O)[C@H]1O. The van der Waals surface area contributed by atoms with Gasteiger partial charge in [0.2, 0.25) is 0 Å². The number of hydrogen-bond acceptors (Lipinski definition) is 17. The molecular weight excluding hydrogens is 534 g/mol. The standard InChI is InChI=1S/C18H27NO19/c20-1-2(21)10(14(28)29)37-17(6(1)25)35-8-4(23)7(26)18(38-11(8)13(27)19-33)36-9-3(22)5(24)16(32)34-12(9)15(30)31/h1-12,16-18,20-26,32-33H,(H,19,27)(H,28,29)(H,30,31)/t1-,2+,3+,4+,5+,6+,7+,8+,9+,10-,11-,12-,16?,17-,18-/m0/s1. The summed E-state index contributed by atoms with van der Waals surface area (Å²) in [4.78, 5) is 35.1. The van der Waals surface area contributed by atoms with Gasteiger partial charge < -0.3 is 74.7 Å². The quantitative estimate of drug-likeness (QED) is 0.101. The fourth-order valence-corrected chi connectivity index (χ4v) is 4.05. The Hall–Kier alpha value is -2.15. The average Bonchev–Trinajstić information content (AvgIpc) is 2.87. The van der Waals surface area contributed by atoms with Crippen molar-refractivity contribution >= 4 is 17.8 Å². The first-order valence-corrected chi connectivity index (χ1v) is 10.8. The zero-order valence-corrected chi connectivity index (χ0v) is 18.8. The van der Waals surface area contributed by atoms with E-state index in [-0.39, 0.29) is 0 Å². The van der Waals surface area contributed by atoms with Gasteiger partial charge in [-0.25, -0.2) is 15.1 Å². The van der Waals surface area contributed by atoms with E-state index in [4.69, 9.17) is 29.3 Å². The molecule has 3 saturated heterocycles. The molecule has 3 fully saturated rings. The van der Waals surface area contributed by atoms with Crippen LogP contribution in [0, 0.1) is 0 Å². The summed E-state index contributed by atoms with van der Waals surface area (Å²) < 4.78 is 25.1. The summed E-state index contributed by atoms with van der Waals surface area (Å²) in [6, 6.07) is 0. The molecule has 0 aromatic rings. The van der Waals surface area contributed by atoms with Gasteiger partial charge >= 0.3 is 11.9 Å². The summed E-state index contributed by atoms with van der Waals surface area (Å²) in [5.41, 5.74) is 1.14. The summed E-state index contributed by atoms with van der Waals surface area (Å²) in [6.07, 6.45) is -32.4. The molecule has 0 radical (unpaired) electrons. The van der Waals surface area contributed by atoms with Crippen molar-refractivity contribution < 1.29 is 94.3 Å². The van der Waals surface area contributed by atoms with Gasteiger partial charge in [-0.3, -0.25) is 10.0 Å². The maximum absolute atomic E-state index is 12.3. The third kappa shape index (κ3) is 5.73. The van der Waals surface area contributed by atoms with Gasteiger partial charge in [-0.1, -0.05) is 0 Å². The van der Waals surface area contributed by atoms with E-state index in [1.807, 2.05) is 0 Å². The van der Waals surface area contributed by atoms with Crippen molar-refractivity contribution in [1.82, 2.24) is 5.48 Å². The third-order valence-electron chi connectivity index (χ3n) is 6.12. The maximum atomic E-state index is 12.3. The highest BCUT2D eigenvalue weighted by molar-refractivity contribution is 5.80. The lowest BCUT2D eigenvalue weighted by Crippen LogP contribution is -2.68. The van der Waals surface area contributed by atoms with Crippen LogP contribution in [0.2, 0.25) is 0 Å². The normalized spacial score (nSPS) is 47.8. The molecule has 0 aromatic heterocycles. The van der Waals surface area contributed by atoms with Crippen molar-refractivity contribution in [2.24, 2.45) is 0 Å². The first-order chi connectivity index (χ1) is 17.7. The second-order valence-electron chi connectivity index (χ2n) is 8.59. The van der Waals surface area contributed by atoms with E-state index in [9.17, 15) is 60.3 Å². The molecule has 3 aliphatic rings. The number of rotatable bonds is 7. The van der Waals surface area contributed by atoms with Crippen LogP contribution in [-0.2, 0) is 38.1 Å². The Labute approximate surface area is 210 Å². The van der Waals surface area contributed by atoms with Crippen molar-refractivity contribution in [1.29, 1.82) is 0 Å². The number of hydroxylamine groups is 1. The van der Waals surface area contributed by atoms with Crippen LogP contribution in [0.3, 0.4) is 0 Å². The average molecular weight is 561 g/mol. The summed E-state index contributed by atoms with van der Waals surface area (Å²) >= 11 is 0. The van der Waals surface area contributed by atoms with E-state index in [1.54, 1.807) is 0 Å². The molecule has 0 spiro atoms. The number of nitrogens with one attached hydrogen (secondary N) is 1. The Balaban J connectivity index is 1.84.